The van der Waals surface area contributed by atoms with Crippen molar-refractivity contribution in [1.29, 1.82) is 0 Å². The van der Waals surface area contributed by atoms with Crippen LogP contribution in [-0.2, 0) is 31.1 Å². The summed E-state index contributed by atoms with van der Waals surface area (Å²) < 4.78 is 11.1. The van der Waals surface area contributed by atoms with Crippen LogP contribution in [0.5, 0.6) is 17.2 Å². The van der Waals surface area contributed by atoms with Gasteiger partial charge in [0.2, 0.25) is 11.8 Å². The van der Waals surface area contributed by atoms with Crippen molar-refractivity contribution in [3.8, 4) is 17.2 Å². The number of hydrogen-bond acceptors (Lipinski definition) is 9. The normalized spacial score (nSPS) is 26.5. The zero-order valence-corrected chi connectivity index (χ0v) is 30.4. The van der Waals surface area contributed by atoms with Gasteiger partial charge in [-0.05, 0) is 84.3 Å². The van der Waals surface area contributed by atoms with Gasteiger partial charge in [-0.25, -0.2) is 0 Å². The molecule has 10 nitrogen and oxygen atoms in total. The fourth-order valence-corrected chi connectivity index (χ4v) is 10.0. The molecular weight excluding hydrogens is 725 g/mol. The lowest BCUT2D eigenvalue weighted by atomic mass is 9.49. The highest BCUT2D eigenvalue weighted by Crippen LogP contribution is 2.65. The number of phenols is 1. The fraction of sp³-hybridized carbons (Fsp3) is 0.282. The highest BCUT2D eigenvalue weighted by Gasteiger charge is 2.70. The standard InChI is InChI=1S/C39H33Cl2N3O7S/c1-50-22-8-5-20(6-9-22)39-29(36(47)44(38(39)49)42-31-13-7-21(40)16-30(31)41)18-27-25(34(39)28-17-23(51-2)10-14-32(28)45)11-12-26-33(27)37(48)43(35(26)46)19-24-4-3-15-52-24/h3-11,13-17,26-27,29,33-34,42,45H,12,18-19H2,1-2H3/t26-,27+,29-,33-,34+,39+/m0/s1. The average molecular weight is 759 g/mol. The summed E-state index contributed by atoms with van der Waals surface area (Å²) in [6.45, 7) is 0.167. The van der Waals surface area contributed by atoms with E-state index in [2.05, 4.69) is 5.43 Å². The second kappa shape index (κ2) is 13.0. The van der Waals surface area contributed by atoms with Crippen molar-refractivity contribution < 1.29 is 33.8 Å². The lowest BCUT2D eigenvalue weighted by Crippen LogP contribution is -2.53. The van der Waals surface area contributed by atoms with E-state index < -0.39 is 46.8 Å². The van der Waals surface area contributed by atoms with Gasteiger partial charge in [0, 0.05) is 21.4 Å². The van der Waals surface area contributed by atoms with Gasteiger partial charge in [-0.3, -0.25) is 29.5 Å². The number of thiophene rings is 1. The van der Waals surface area contributed by atoms with E-state index in [1.807, 2.05) is 23.6 Å². The molecule has 3 aromatic carbocycles. The molecule has 4 aromatic rings. The van der Waals surface area contributed by atoms with E-state index >= 15 is 4.79 Å². The van der Waals surface area contributed by atoms with Crippen LogP contribution in [0.25, 0.3) is 0 Å². The molecule has 0 unspecified atom stereocenters. The van der Waals surface area contributed by atoms with E-state index in [0.717, 1.165) is 9.89 Å². The van der Waals surface area contributed by atoms with E-state index in [0.29, 0.717) is 33.2 Å². The molecule has 4 amide bonds. The van der Waals surface area contributed by atoms with Crippen molar-refractivity contribution in [3.63, 3.8) is 0 Å². The number of anilines is 1. The number of halogens is 2. The molecule has 0 spiro atoms. The molecule has 2 aliphatic carbocycles. The number of amides is 4. The Bertz CT molecular complexity index is 2160. The molecule has 0 radical (unpaired) electrons. The van der Waals surface area contributed by atoms with Gasteiger partial charge in [0.05, 0.1) is 54.6 Å². The summed E-state index contributed by atoms with van der Waals surface area (Å²) in [5.74, 6) is -4.73. The van der Waals surface area contributed by atoms with Crippen LogP contribution < -0.4 is 14.9 Å². The maximum atomic E-state index is 15.4. The van der Waals surface area contributed by atoms with Crippen LogP contribution in [0.4, 0.5) is 5.69 Å². The van der Waals surface area contributed by atoms with Crippen molar-refractivity contribution in [1.82, 2.24) is 9.91 Å². The Morgan fingerprint density at radius 1 is 0.904 bits per heavy atom. The number of allylic oxidation sites excluding steroid dienone is 2. The molecule has 2 aliphatic heterocycles. The first-order valence-electron chi connectivity index (χ1n) is 16.8. The lowest BCUT2D eigenvalue weighted by Gasteiger charge is -2.50. The summed E-state index contributed by atoms with van der Waals surface area (Å²) in [6.07, 6.45) is 2.31. The maximum Gasteiger partial charge on any atom is 0.260 e. The zero-order valence-electron chi connectivity index (χ0n) is 28.0. The van der Waals surface area contributed by atoms with Crippen LogP contribution in [0, 0.1) is 23.7 Å². The number of carbonyl (C=O) groups excluding carboxylic acids is 4. The first kappa shape index (κ1) is 34.3. The Balaban J connectivity index is 1.33. The smallest absolute Gasteiger partial charge is 0.260 e. The molecule has 0 bridgehead atoms. The third-order valence-electron chi connectivity index (χ3n) is 11.1. The summed E-state index contributed by atoms with van der Waals surface area (Å²) in [5.41, 5.74) is 3.24. The van der Waals surface area contributed by atoms with Gasteiger partial charge in [0.15, 0.2) is 0 Å². The number of hydrazine groups is 1. The second-order valence-corrected chi connectivity index (χ2v) is 15.4. The molecule has 2 N–H and O–H groups in total. The molecule has 1 saturated carbocycles. The number of rotatable bonds is 8. The number of fused-ring (bicyclic) bond motifs is 4. The van der Waals surface area contributed by atoms with Gasteiger partial charge >= 0.3 is 0 Å². The highest BCUT2D eigenvalue weighted by molar-refractivity contribution is 7.09. The number of ether oxygens (including phenoxy) is 2. The van der Waals surface area contributed by atoms with Crippen LogP contribution in [-0.4, -0.2) is 52.9 Å². The van der Waals surface area contributed by atoms with Crippen molar-refractivity contribution >= 4 is 63.9 Å². The minimum atomic E-state index is -1.61. The van der Waals surface area contributed by atoms with Gasteiger partial charge in [0.1, 0.15) is 17.2 Å². The lowest BCUT2D eigenvalue weighted by molar-refractivity contribution is -0.141. The fourth-order valence-electron chi connectivity index (χ4n) is 8.86. The summed E-state index contributed by atoms with van der Waals surface area (Å²) in [5, 5.41) is 15.1. The number of imide groups is 2. The van der Waals surface area contributed by atoms with Crippen molar-refractivity contribution in [3.05, 3.63) is 116 Å². The zero-order chi connectivity index (χ0) is 36.5. The quantitative estimate of drug-likeness (QED) is 0.146. The number of hydrogen-bond donors (Lipinski definition) is 2. The van der Waals surface area contributed by atoms with Crippen LogP contribution in [0.1, 0.15) is 34.8 Å². The molecule has 2 saturated heterocycles. The van der Waals surface area contributed by atoms with E-state index in [-0.39, 0.29) is 47.7 Å². The van der Waals surface area contributed by atoms with Gasteiger partial charge in [-0.2, -0.15) is 5.01 Å². The molecule has 8 rings (SSSR count). The van der Waals surface area contributed by atoms with Crippen LogP contribution in [0.3, 0.4) is 0 Å². The summed E-state index contributed by atoms with van der Waals surface area (Å²) in [6, 6.07) is 20.2. The van der Waals surface area contributed by atoms with Gasteiger partial charge in [0.25, 0.3) is 11.8 Å². The molecular formula is C39H33Cl2N3O7S. The van der Waals surface area contributed by atoms with Gasteiger partial charge in [-0.1, -0.05) is 53.1 Å². The number of nitrogens with zero attached hydrogens (tertiary/aromatic N) is 2. The molecule has 4 aliphatic rings. The first-order chi connectivity index (χ1) is 25.1. The number of methoxy groups -OCH3 is 2. The van der Waals surface area contributed by atoms with E-state index in [4.69, 9.17) is 32.7 Å². The monoisotopic (exact) mass is 757 g/mol. The summed E-state index contributed by atoms with van der Waals surface area (Å²) in [7, 11) is 3.04. The predicted octanol–water partition coefficient (Wildman–Crippen LogP) is 6.96. The third kappa shape index (κ3) is 5.12. The van der Waals surface area contributed by atoms with E-state index in [9.17, 15) is 19.5 Å². The van der Waals surface area contributed by atoms with E-state index in [1.54, 1.807) is 48.5 Å². The summed E-state index contributed by atoms with van der Waals surface area (Å²) in [4.78, 5) is 60.7. The SMILES string of the molecule is COc1ccc([C@@]23C(=O)N(Nc4ccc(Cl)cc4Cl)C(=O)[C@@H]2C[C@@H]2C(=CC[C@@H]4C(=O)N(Cc5cccs5)C(=O)[C@@H]42)[C@@H]3c2cc(OC)ccc2O)cc1. The molecule has 6 atom stereocenters. The number of benzene rings is 3. The third-order valence-corrected chi connectivity index (χ3v) is 12.5. The molecule has 52 heavy (non-hydrogen) atoms. The topological polar surface area (TPSA) is 125 Å². The van der Waals surface area contributed by atoms with Crippen molar-refractivity contribution in [2.75, 3.05) is 19.6 Å². The Morgan fingerprint density at radius 3 is 2.35 bits per heavy atom. The highest BCUT2D eigenvalue weighted by atomic mass is 35.5. The number of phenolic OH excluding ortho intramolecular Hbond substituents is 1. The Labute approximate surface area is 313 Å². The van der Waals surface area contributed by atoms with Crippen LogP contribution in [0.2, 0.25) is 10.0 Å². The second-order valence-electron chi connectivity index (χ2n) is 13.5. The number of aromatic hydroxyl groups is 1. The van der Waals surface area contributed by atoms with E-state index in [1.165, 1.54) is 42.6 Å². The molecule has 3 heterocycles. The predicted molar refractivity (Wildman–Crippen MR) is 195 cm³/mol. The average Bonchev–Trinajstić information content (AvgIpc) is 3.81. The van der Waals surface area contributed by atoms with Gasteiger partial charge < -0.3 is 14.6 Å². The number of likely N-dealkylation sites (tertiary alicyclic amines) is 1. The van der Waals surface area contributed by atoms with Crippen molar-refractivity contribution in [2.45, 2.75) is 30.7 Å². The maximum absolute atomic E-state index is 15.4. The Hall–Kier alpha value is -4.84. The molecule has 3 fully saturated rings. The Kier molecular flexibility index (Phi) is 8.55. The van der Waals surface area contributed by atoms with Crippen LogP contribution >= 0.6 is 34.5 Å². The molecule has 13 heteroatoms. The first-order valence-corrected chi connectivity index (χ1v) is 18.4. The molecule has 266 valence electrons. The van der Waals surface area contributed by atoms with Gasteiger partial charge in [-0.15, -0.1) is 11.3 Å². The number of carbonyl (C=O) groups is 4. The largest absolute Gasteiger partial charge is 0.508 e. The molecule has 1 aromatic heterocycles. The van der Waals surface area contributed by atoms with Crippen LogP contribution in [0.15, 0.2) is 89.8 Å². The van der Waals surface area contributed by atoms with Crippen molar-refractivity contribution in [2.24, 2.45) is 23.7 Å². The minimum Gasteiger partial charge on any atom is -0.508 e. The summed E-state index contributed by atoms with van der Waals surface area (Å²) >= 11 is 14.2. The minimum absolute atomic E-state index is 0.100. The Morgan fingerprint density at radius 2 is 1.65 bits per heavy atom. The number of nitrogens with one attached hydrogen (secondary N) is 1.